The van der Waals surface area contributed by atoms with Crippen molar-refractivity contribution in [1.82, 2.24) is 20.6 Å². The summed E-state index contributed by atoms with van der Waals surface area (Å²) in [6, 6.07) is 15.8. The first-order valence-corrected chi connectivity index (χ1v) is 10.4. The second kappa shape index (κ2) is 12.1. The van der Waals surface area contributed by atoms with E-state index in [0.29, 0.717) is 37.3 Å². The van der Waals surface area contributed by atoms with Crippen molar-refractivity contribution in [2.24, 2.45) is 4.99 Å². The molecule has 0 aliphatic heterocycles. The third-order valence-corrected chi connectivity index (χ3v) is 4.63. The number of oxazole rings is 2. The number of nitrogens with zero attached hydrogens (tertiary/aromatic N) is 3. The summed E-state index contributed by atoms with van der Waals surface area (Å²) in [6.45, 7) is 3.76. The highest BCUT2D eigenvalue weighted by atomic mass is 127. The van der Waals surface area contributed by atoms with Crippen molar-refractivity contribution in [2.75, 3.05) is 13.1 Å². The highest BCUT2D eigenvalue weighted by Gasteiger charge is 2.08. The number of hydrogen-bond acceptors (Lipinski definition) is 5. The van der Waals surface area contributed by atoms with Crippen LogP contribution in [0.15, 0.2) is 81.0 Å². The Bertz CT molecular complexity index is 1160. The van der Waals surface area contributed by atoms with Gasteiger partial charge in [-0.1, -0.05) is 18.2 Å². The zero-order valence-corrected chi connectivity index (χ0v) is 20.5. The molecule has 0 spiro atoms. The number of benzene rings is 2. The second-order valence-corrected chi connectivity index (χ2v) is 7.03. The van der Waals surface area contributed by atoms with Crippen molar-refractivity contribution in [3.63, 3.8) is 0 Å². The molecule has 0 radical (unpaired) electrons. The van der Waals surface area contributed by atoms with Crippen molar-refractivity contribution < 1.29 is 13.2 Å². The van der Waals surface area contributed by atoms with E-state index in [1.807, 2.05) is 37.3 Å². The Kier molecular flexibility index (Phi) is 8.99. The van der Waals surface area contributed by atoms with Crippen molar-refractivity contribution in [3.8, 4) is 22.9 Å². The van der Waals surface area contributed by atoms with E-state index < -0.39 is 0 Å². The zero-order chi connectivity index (χ0) is 22.2. The van der Waals surface area contributed by atoms with Gasteiger partial charge in [0.2, 0.25) is 11.8 Å². The van der Waals surface area contributed by atoms with Crippen LogP contribution in [0.5, 0.6) is 0 Å². The number of aliphatic imine (C=N–C) groups is 1. The average molecular weight is 561 g/mol. The molecule has 0 unspecified atom stereocenters. The molecule has 4 rings (SSSR count). The largest absolute Gasteiger partial charge is 0.444 e. The number of aromatic nitrogens is 2. The van der Waals surface area contributed by atoms with E-state index in [-0.39, 0.29) is 29.8 Å². The van der Waals surface area contributed by atoms with E-state index in [4.69, 9.17) is 8.83 Å². The first kappa shape index (κ1) is 24.4. The predicted molar refractivity (Wildman–Crippen MR) is 136 cm³/mol. The number of hydrogen-bond donors (Lipinski definition) is 2. The third-order valence-electron chi connectivity index (χ3n) is 4.63. The van der Waals surface area contributed by atoms with Gasteiger partial charge in [0.1, 0.15) is 24.0 Å². The predicted octanol–water partition coefficient (Wildman–Crippen LogP) is 5.05. The van der Waals surface area contributed by atoms with E-state index in [0.717, 1.165) is 29.1 Å². The van der Waals surface area contributed by atoms with E-state index >= 15 is 0 Å². The van der Waals surface area contributed by atoms with E-state index in [9.17, 15) is 4.39 Å². The fourth-order valence-corrected chi connectivity index (χ4v) is 3.05. The molecular formula is C24H25FIN5O2. The molecule has 0 saturated heterocycles. The van der Waals surface area contributed by atoms with Gasteiger partial charge in [-0.25, -0.2) is 19.4 Å². The van der Waals surface area contributed by atoms with Crippen molar-refractivity contribution in [2.45, 2.75) is 19.9 Å². The smallest absolute Gasteiger partial charge is 0.226 e. The maximum absolute atomic E-state index is 13.1. The van der Waals surface area contributed by atoms with Gasteiger partial charge in [-0.3, -0.25) is 0 Å². The Hall–Kier alpha value is -3.21. The molecule has 4 aromatic rings. The van der Waals surface area contributed by atoms with Gasteiger partial charge in [0.15, 0.2) is 5.96 Å². The minimum absolute atomic E-state index is 0. The van der Waals surface area contributed by atoms with Crippen LogP contribution in [0.2, 0.25) is 0 Å². The lowest BCUT2D eigenvalue weighted by Crippen LogP contribution is -2.38. The fraction of sp³-hybridized carbons (Fsp3) is 0.208. The highest BCUT2D eigenvalue weighted by molar-refractivity contribution is 14.0. The maximum atomic E-state index is 13.1. The zero-order valence-electron chi connectivity index (χ0n) is 18.1. The van der Waals surface area contributed by atoms with Crippen LogP contribution in [0.25, 0.3) is 22.9 Å². The lowest BCUT2D eigenvalue weighted by atomic mass is 10.2. The van der Waals surface area contributed by atoms with E-state index in [1.54, 1.807) is 24.7 Å². The van der Waals surface area contributed by atoms with E-state index in [2.05, 4.69) is 25.6 Å². The van der Waals surface area contributed by atoms with Gasteiger partial charge >= 0.3 is 0 Å². The normalized spacial score (nSPS) is 11.2. The molecule has 0 atom stereocenters. The van der Waals surface area contributed by atoms with Crippen LogP contribution in [-0.4, -0.2) is 29.0 Å². The summed E-state index contributed by atoms with van der Waals surface area (Å²) in [7, 11) is 0. The molecule has 9 heteroatoms. The first-order valence-electron chi connectivity index (χ1n) is 10.4. The average Bonchev–Trinajstić information content (AvgIpc) is 3.49. The van der Waals surface area contributed by atoms with Gasteiger partial charge in [-0.15, -0.1) is 24.0 Å². The topological polar surface area (TPSA) is 88.5 Å². The summed E-state index contributed by atoms with van der Waals surface area (Å²) in [5.41, 5.74) is 3.22. The third kappa shape index (κ3) is 6.88. The molecule has 2 aromatic carbocycles. The minimum atomic E-state index is -0.290. The SMILES string of the molecule is CCNC(=NCc1coc(-c2ccccc2)n1)NCCc1coc(-c2ccc(F)cc2)n1.I. The van der Waals surface area contributed by atoms with Gasteiger partial charge < -0.3 is 19.5 Å². The molecule has 2 aromatic heterocycles. The molecule has 0 aliphatic carbocycles. The Labute approximate surface area is 208 Å². The maximum Gasteiger partial charge on any atom is 0.226 e. The Morgan fingerprint density at radius 2 is 1.52 bits per heavy atom. The van der Waals surface area contributed by atoms with Crippen molar-refractivity contribution in [3.05, 3.63) is 84.3 Å². The van der Waals surface area contributed by atoms with Crippen LogP contribution >= 0.6 is 24.0 Å². The molecule has 2 heterocycles. The van der Waals surface area contributed by atoms with Crippen LogP contribution in [0.1, 0.15) is 18.3 Å². The molecule has 172 valence electrons. The van der Waals surface area contributed by atoms with Crippen LogP contribution in [-0.2, 0) is 13.0 Å². The fourth-order valence-electron chi connectivity index (χ4n) is 3.05. The summed E-state index contributed by atoms with van der Waals surface area (Å²) >= 11 is 0. The summed E-state index contributed by atoms with van der Waals surface area (Å²) in [4.78, 5) is 13.5. The highest BCUT2D eigenvalue weighted by Crippen LogP contribution is 2.19. The summed E-state index contributed by atoms with van der Waals surface area (Å²) in [5.74, 6) is 1.44. The lowest BCUT2D eigenvalue weighted by Gasteiger charge is -2.10. The van der Waals surface area contributed by atoms with Crippen molar-refractivity contribution in [1.29, 1.82) is 0 Å². The van der Waals surface area contributed by atoms with Crippen LogP contribution < -0.4 is 10.6 Å². The van der Waals surface area contributed by atoms with E-state index in [1.165, 1.54) is 12.1 Å². The molecule has 0 bridgehead atoms. The Morgan fingerprint density at radius 1 is 0.879 bits per heavy atom. The standard InChI is InChI=1S/C24H24FN5O2.HI/c1-2-26-24(28-14-21-16-32-22(30-21)17-6-4-3-5-7-17)27-13-12-20-15-31-23(29-20)18-8-10-19(25)11-9-18;/h3-11,15-16H,2,12-14H2,1H3,(H2,26,27,28);1H. The van der Waals surface area contributed by atoms with Gasteiger partial charge in [0.05, 0.1) is 12.2 Å². The molecule has 0 aliphatic rings. The number of rotatable bonds is 8. The molecule has 0 amide bonds. The van der Waals surface area contributed by atoms with Crippen LogP contribution in [0, 0.1) is 5.82 Å². The molecule has 0 saturated carbocycles. The second-order valence-electron chi connectivity index (χ2n) is 7.03. The lowest BCUT2D eigenvalue weighted by molar-refractivity contribution is 0.571. The number of nitrogens with one attached hydrogen (secondary N) is 2. The van der Waals surface area contributed by atoms with Crippen LogP contribution in [0.3, 0.4) is 0 Å². The molecule has 2 N–H and O–H groups in total. The molecular weight excluding hydrogens is 536 g/mol. The molecule has 7 nitrogen and oxygen atoms in total. The van der Waals surface area contributed by atoms with Gasteiger partial charge in [0.25, 0.3) is 0 Å². The van der Waals surface area contributed by atoms with Crippen LogP contribution in [0.4, 0.5) is 4.39 Å². The van der Waals surface area contributed by atoms with Gasteiger partial charge in [-0.05, 0) is 43.3 Å². The molecule has 0 fully saturated rings. The number of halogens is 2. The minimum Gasteiger partial charge on any atom is -0.444 e. The Morgan fingerprint density at radius 3 is 2.21 bits per heavy atom. The van der Waals surface area contributed by atoms with Crippen molar-refractivity contribution >= 4 is 29.9 Å². The van der Waals surface area contributed by atoms with Gasteiger partial charge in [-0.2, -0.15) is 0 Å². The van der Waals surface area contributed by atoms with Gasteiger partial charge in [0, 0.05) is 30.6 Å². The first-order chi connectivity index (χ1) is 15.7. The molecule has 33 heavy (non-hydrogen) atoms. The summed E-state index contributed by atoms with van der Waals surface area (Å²) < 4.78 is 24.2. The number of guanidine groups is 1. The quantitative estimate of drug-likeness (QED) is 0.178. The Balaban J connectivity index is 0.00000306. The monoisotopic (exact) mass is 561 g/mol. The summed E-state index contributed by atoms with van der Waals surface area (Å²) in [5, 5.41) is 6.50. The summed E-state index contributed by atoms with van der Waals surface area (Å²) in [6.07, 6.45) is 3.89.